The van der Waals surface area contributed by atoms with E-state index < -0.39 is 0 Å². The Bertz CT molecular complexity index is 194. The molecule has 4 nitrogen and oxygen atoms in total. The molecule has 0 spiro atoms. The van der Waals surface area contributed by atoms with Gasteiger partial charge in [-0.05, 0) is 13.3 Å². The molecule has 4 heteroatoms. The molecule has 0 aliphatic rings. The Hall–Kier alpha value is -0.870. The van der Waals surface area contributed by atoms with E-state index in [9.17, 15) is 4.79 Å². The average Bonchev–Trinajstić information content (AvgIpc) is 2.22. The molecule has 0 atom stereocenters. The maximum Gasteiger partial charge on any atom is 0.333 e. The van der Waals surface area contributed by atoms with Gasteiger partial charge in [-0.1, -0.05) is 6.08 Å². The van der Waals surface area contributed by atoms with Crippen LogP contribution in [-0.4, -0.2) is 33.6 Å². The summed E-state index contributed by atoms with van der Waals surface area (Å²) in [5.74, 6) is -0.295. The number of esters is 1. The van der Waals surface area contributed by atoms with Gasteiger partial charge in [0.25, 0.3) is 0 Å². The van der Waals surface area contributed by atoms with Gasteiger partial charge in [0.05, 0.1) is 7.11 Å². The van der Waals surface area contributed by atoms with Gasteiger partial charge in [0, 0.05) is 26.2 Å². The third-order valence-electron chi connectivity index (χ3n) is 1.89. The number of ether oxygens (including phenoxy) is 3. The summed E-state index contributed by atoms with van der Waals surface area (Å²) in [6, 6.07) is 0. The van der Waals surface area contributed by atoms with Crippen LogP contribution in [0.3, 0.4) is 0 Å². The molecule has 0 aromatic carbocycles. The van der Waals surface area contributed by atoms with Crippen LogP contribution in [0.1, 0.15) is 19.8 Å². The van der Waals surface area contributed by atoms with E-state index in [1.54, 1.807) is 21.1 Å². The van der Waals surface area contributed by atoms with Crippen LogP contribution in [0, 0.1) is 0 Å². The van der Waals surface area contributed by atoms with Gasteiger partial charge in [0.2, 0.25) is 0 Å². The van der Waals surface area contributed by atoms with Crippen LogP contribution in [0.15, 0.2) is 11.6 Å². The van der Waals surface area contributed by atoms with Crippen LogP contribution < -0.4 is 0 Å². The van der Waals surface area contributed by atoms with Crippen molar-refractivity contribution in [3.05, 3.63) is 11.6 Å². The highest BCUT2D eigenvalue weighted by Crippen LogP contribution is 2.05. The summed E-state index contributed by atoms with van der Waals surface area (Å²) in [6.45, 7) is 1.72. The molecule has 0 rings (SSSR count). The van der Waals surface area contributed by atoms with E-state index in [4.69, 9.17) is 9.47 Å². The first-order valence-electron chi connectivity index (χ1n) is 4.46. The molecule has 0 fully saturated rings. The fourth-order valence-electron chi connectivity index (χ4n) is 1.01. The molecule has 0 saturated carbocycles. The predicted octanol–water partition coefficient (Wildman–Crippen LogP) is 1.50. The first-order chi connectivity index (χ1) is 6.65. The minimum atomic E-state index is -0.295. The molecule has 82 valence electrons. The number of allylic oxidation sites excluding steroid dienone is 1. The molecule has 0 N–H and O–H groups in total. The zero-order chi connectivity index (χ0) is 11.0. The Morgan fingerprint density at radius 3 is 2.29 bits per heavy atom. The minimum Gasteiger partial charge on any atom is -0.466 e. The number of carbonyl (C=O) groups is 1. The molecule has 14 heavy (non-hydrogen) atoms. The van der Waals surface area contributed by atoms with E-state index in [1.807, 2.05) is 6.08 Å². The average molecular weight is 202 g/mol. The van der Waals surface area contributed by atoms with Crippen LogP contribution >= 0.6 is 0 Å². The van der Waals surface area contributed by atoms with Gasteiger partial charge < -0.3 is 14.2 Å². The number of carbonyl (C=O) groups excluding carboxylic acids is 1. The van der Waals surface area contributed by atoms with Crippen molar-refractivity contribution in [3.63, 3.8) is 0 Å². The number of methoxy groups -OCH3 is 3. The summed E-state index contributed by atoms with van der Waals surface area (Å²) >= 11 is 0. The molecular weight excluding hydrogens is 184 g/mol. The second-order valence-corrected chi connectivity index (χ2v) is 2.86. The van der Waals surface area contributed by atoms with E-state index in [2.05, 4.69) is 4.74 Å². The summed E-state index contributed by atoms with van der Waals surface area (Å²) in [7, 11) is 4.54. The lowest BCUT2D eigenvalue weighted by molar-refractivity contribution is -0.136. The lowest BCUT2D eigenvalue weighted by atomic mass is 10.2. The van der Waals surface area contributed by atoms with Crippen molar-refractivity contribution < 1.29 is 19.0 Å². The van der Waals surface area contributed by atoms with Gasteiger partial charge >= 0.3 is 5.97 Å². The Morgan fingerprint density at radius 2 is 1.86 bits per heavy atom. The Balaban J connectivity index is 3.85. The molecule has 0 radical (unpaired) electrons. The third kappa shape index (κ3) is 4.99. The molecular formula is C10H18O4. The van der Waals surface area contributed by atoms with E-state index in [1.165, 1.54) is 7.11 Å². The van der Waals surface area contributed by atoms with Crippen LogP contribution in [0.5, 0.6) is 0 Å². The van der Waals surface area contributed by atoms with Crippen LogP contribution in [0.25, 0.3) is 0 Å². The quantitative estimate of drug-likeness (QED) is 0.372. The SMILES string of the molecule is COC(=O)C(C)=CCCC(OC)OC. The van der Waals surface area contributed by atoms with Crippen molar-refractivity contribution in [2.24, 2.45) is 0 Å². The largest absolute Gasteiger partial charge is 0.466 e. The van der Waals surface area contributed by atoms with E-state index in [0.29, 0.717) is 5.57 Å². The molecule has 0 saturated heterocycles. The minimum absolute atomic E-state index is 0.211. The van der Waals surface area contributed by atoms with Crippen molar-refractivity contribution in [1.29, 1.82) is 0 Å². The van der Waals surface area contributed by atoms with Crippen molar-refractivity contribution in [3.8, 4) is 0 Å². The lowest BCUT2D eigenvalue weighted by Crippen LogP contribution is -2.12. The smallest absolute Gasteiger partial charge is 0.333 e. The van der Waals surface area contributed by atoms with Crippen molar-refractivity contribution in [2.75, 3.05) is 21.3 Å². The molecule has 0 heterocycles. The molecule has 0 aliphatic carbocycles. The van der Waals surface area contributed by atoms with E-state index >= 15 is 0 Å². The fourth-order valence-corrected chi connectivity index (χ4v) is 1.01. The molecule has 0 unspecified atom stereocenters. The Labute approximate surface area is 84.8 Å². The van der Waals surface area contributed by atoms with Crippen LogP contribution in [-0.2, 0) is 19.0 Å². The summed E-state index contributed by atoms with van der Waals surface area (Å²) in [6.07, 6.45) is 3.06. The highest BCUT2D eigenvalue weighted by molar-refractivity contribution is 5.87. The second-order valence-electron chi connectivity index (χ2n) is 2.86. The monoisotopic (exact) mass is 202 g/mol. The van der Waals surface area contributed by atoms with Crippen molar-refractivity contribution in [2.45, 2.75) is 26.1 Å². The van der Waals surface area contributed by atoms with Gasteiger partial charge in [-0.25, -0.2) is 4.79 Å². The maximum absolute atomic E-state index is 11.0. The molecule has 0 amide bonds. The Morgan fingerprint density at radius 1 is 1.29 bits per heavy atom. The normalized spacial score (nSPS) is 11.9. The zero-order valence-corrected chi connectivity index (χ0v) is 9.20. The van der Waals surface area contributed by atoms with Gasteiger partial charge in [0.15, 0.2) is 6.29 Å². The molecule has 0 bridgehead atoms. The van der Waals surface area contributed by atoms with Crippen molar-refractivity contribution in [1.82, 2.24) is 0 Å². The molecule has 0 aliphatic heterocycles. The lowest BCUT2D eigenvalue weighted by Gasteiger charge is -2.11. The number of hydrogen-bond donors (Lipinski definition) is 0. The zero-order valence-electron chi connectivity index (χ0n) is 9.20. The second kappa shape index (κ2) is 7.53. The van der Waals surface area contributed by atoms with E-state index in [-0.39, 0.29) is 12.3 Å². The first-order valence-corrected chi connectivity index (χ1v) is 4.46. The predicted molar refractivity (Wildman–Crippen MR) is 52.8 cm³/mol. The summed E-state index contributed by atoms with van der Waals surface area (Å²) in [5, 5.41) is 0. The molecule has 0 aromatic heterocycles. The van der Waals surface area contributed by atoms with Crippen LogP contribution in [0.2, 0.25) is 0 Å². The van der Waals surface area contributed by atoms with E-state index in [0.717, 1.165) is 12.8 Å². The third-order valence-corrected chi connectivity index (χ3v) is 1.89. The fraction of sp³-hybridized carbons (Fsp3) is 0.700. The topological polar surface area (TPSA) is 44.8 Å². The maximum atomic E-state index is 11.0. The molecule has 0 aromatic rings. The van der Waals surface area contributed by atoms with Gasteiger partial charge in [-0.15, -0.1) is 0 Å². The van der Waals surface area contributed by atoms with Crippen molar-refractivity contribution >= 4 is 5.97 Å². The highest BCUT2D eigenvalue weighted by atomic mass is 16.7. The summed E-state index contributed by atoms with van der Waals surface area (Å²) < 4.78 is 14.6. The highest BCUT2D eigenvalue weighted by Gasteiger charge is 2.05. The number of rotatable bonds is 6. The Kier molecular flexibility index (Phi) is 7.06. The van der Waals surface area contributed by atoms with Gasteiger partial charge in [-0.3, -0.25) is 0 Å². The standard InChI is InChI=1S/C10H18O4/c1-8(10(11)14-4)6-5-7-9(12-2)13-3/h6,9H,5,7H2,1-4H3. The van der Waals surface area contributed by atoms with Gasteiger partial charge in [0.1, 0.15) is 0 Å². The summed E-state index contributed by atoms with van der Waals surface area (Å²) in [5.41, 5.74) is 0.610. The van der Waals surface area contributed by atoms with Crippen LogP contribution in [0.4, 0.5) is 0 Å². The first kappa shape index (κ1) is 13.1. The van der Waals surface area contributed by atoms with Gasteiger partial charge in [-0.2, -0.15) is 0 Å². The number of hydrogen-bond acceptors (Lipinski definition) is 4. The summed E-state index contributed by atoms with van der Waals surface area (Å²) in [4.78, 5) is 11.0.